The molecule has 1 N–H and O–H groups in total. The van der Waals surface area contributed by atoms with E-state index < -0.39 is 0 Å². The Morgan fingerprint density at radius 1 is 1.46 bits per heavy atom. The molecule has 4 nitrogen and oxygen atoms in total. The number of hydrogen-bond donors (Lipinski definition) is 1. The molecule has 0 saturated heterocycles. The molecule has 0 atom stereocenters. The van der Waals surface area contributed by atoms with Gasteiger partial charge in [-0.3, -0.25) is 0 Å². The summed E-state index contributed by atoms with van der Waals surface area (Å²) in [6.07, 6.45) is 3.59. The Labute approximate surface area is 76.6 Å². The van der Waals surface area contributed by atoms with Gasteiger partial charge in [-0.1, -0.05) is 0 Å². The molecule has 0 spiro atoms. The number of fused-ring (bicyclic) bond motifs is 1. The smallest absolute Gasteiger partial charge is 0.177 e. The van der Waals surface area contributed by atoms with Crippen LogP contribution >= 0.6 is 0 Å². The molecule has 4 heteroatoms. The highest BCUT2D eigenvalue weighted by atomic mass is 15.1. The van der Waals surface area contributed by atoms with Gasteiger partial charge in [0.15, 0.2) is 5.65 Å². The van der Waals surface area contributed by atoms with Gasteiger partial charge in [-0.15, -0.1) is 0 Å². The second kappa shape index (κ2) is 3.53. The Bertz CT molecular complexity index is 393. The molecule has 68 valence electrons. The lowest BCUT2D eigenvalue weighted by Gasteiger charge is -2.01. The Balaban J connectivity index is 2.35. The summed E-state index contributed by atoms with van der Waals surface area (Å²) in [5, 5.41) is 3.10. The molecule has 0 aliphatic carbocycles. The van der Waals surface area contributed by atoms with Crippen molar-refractivity contribution >= 4 is 11.2 Å². The van der Waals surface area contributed by atoms with Gasteiger partial charge in [-0.2, -0.15) is 0 Å². The Morgan fingerprint density at radius 2 is 2.38 bits per heavy atom. The van der Waals surface area contributed by atoms with Crippen LogP contribution in [0.5, 0.6) is 0 Å². The van der Waals surface area contributed by atoms with Crippen LogP contribution in [0.15, 0.2) is 24.7 Å². The van der Waals surface area contributed by atoms with Gasteiger partial charge in [0.05, 0.1) is 11.8 Å². The zero-order valence-electron chi connectivity index (χ0n) is 7.57. The predicted octanol–water partition coefficient (Wildman–Crippen LogP) is 0.651. The third-order valence-electron chi connectivity index (χ3n) is 2.00. The largest absolute Gasteiger partial charge is 0.328 e. The van der Waals surface area contributed by atoms with Crippen molar-refractivity contribution in [2.24, 2.45) is 0 Å². The molecule has 0 aromatic carbocycles. The molecule has 13 heavy (non-hydrogen) atoms. The van der Waals surface area contributed by atoms with Gasteiger partial charge >= 0.3 is 0 Å². The summed E-state index contributed by atoms with van der Waals surface area (Å²) in [5.41, 5.74) is 1.91. The monoisotopic (exact) mass is 176 g/mol. The van der Waals surface area contributed by atoms with E-state index in [0.717, 1.165) is 24.3 Å². The molecule has 2 aromatic heterocycles. The lowest BCUT2D eigenvalue weighted by molar-refractivity contribution is 0.658. The number of imidazole rings is 1. The molecule has 2 rings (SSSR count). The number of pyridine rings is 1. The lowest BCUT2D eigenvalue weighted by atomic mass is 10.4. The Kier molecular flexibility index (Phi) is 2.23. The molecule has 2 heterocycles. The van der Waals surface area contributed by atoms with Crippen LogP contribution in [0.1, 0.15) is 0 Å². The van der Waals surface area contributed by atoms with E-state index in [9.17, 15) is 0 Å². The third-order valence-corrected chi connectivity index (χ3v) is 2.00. The summed E-state index contributed by atoms with van der Waals surface area (Å²) in [7, 11) is 1.94. The van der Waals surface area contributed by atoms with Crippen molar-refractivity contribution in [3.05, 3.63) is 24.7 Å². The highest BCUT2D eigenvalue weighted by molar-refractivity contribution is 5.70. The molecule has 0 fully saturated rings. The van der Waals surface area contributed by atoms with E-state index in [0.29, 0.717) is 0 Å². The molecule has 2 aromatic rings. The summed E-state index contributed by atoms with van der Waals surface area (Å²) >= 11 is 0. The van der Waals surface area contributed by atoms with E-state index in [1.54, 1.807) is 6.20 Å². The molecule has 0 amide bonds. The van der Waals surface area contributed by atoms with Crippen LogP contribution in [0.3, 0.4) is 0 Å². The minimum Gasteiger partial charge on any atom is -0.328 e. The number of likely N-dealkylation sites (N-methyl/N-ethyl adjacent to an activating group) is 1. The lowest BCUT2D eigenvalue weighted by Crippen LogP contribution is -2.14. The number of hydrogen-bond acceptors (Lipinski definition) is 3. The second-order valence-corrected chi connectivity index (χ2v) is 2.89. The average Bonchev–Trinajstić information content (AvgIpc) is 2.58. The van der Waals surface area contributed by atoms with E-state index >= 15 is 0 Å². The van der Waals surface area contributed by atoms with Crippen molar-refractivity contribution in [1.82, 2.24) is 19.9 Å². The topological polar surface area (TPSA) is 42.7 Å². The number of aromatic nitrogens is 3. The molecule has 0 aliphatic heterocycles. The number of nitrogens with one attached hydrogen (secondary N) is 1. The molecular formula is C9H12N4. The van der Waals surface area contributed by atoms with Gasteiger partial charge < -0.3 is 9.88 Å². The van der Waals surface area contributed by atoms with E-state index in [2.05, 4.69) is 19.9 Å². The zero-order valence-corrected chi connectivity index (χ0v) is 7.57. The van der Waals surface area contributed by atoms with Crippen molar-refractivity contribution in [3.63, 3.8) is 0 Å². The highest BCUT2D eigenvalue weighted by Gasteiger charge is 2.00. The van der Waals surface area contributed by atoms with Crippen molar-refractivity contribution in [2.45, 2.75) is 6.54 Å². The molecule has 0 radical (unpaired) electrons. The van der Waals surface area contributed by atoms with Gasteiger partial charge in [-0.05, 0) is 19.2 Å². The maximum Gasteiger partial charge on any atom is 0.177 e. The van der Waals surface area contributed by atoms with Gasteiger partial charge in [0.2, 0.25) is 0 Å². The van der Waals surface area contributed by atoms with E-state index in [1.165, 1.54) is 0 Å². The van der Waals surface area contributed by atoms with Crippen molar-refractivity contribution in [3.8, 4) is 0 Å². The molecule has 0 unspecified atom stereocenters. The maximum atomic E-state index is 4.20. The fourth-order valence-electron chi connectivity index (χ4n) is 1.31. The fourth-order valence-corrected chi connectivity index (χ4v) is 1.31. The normalized spacial score (nSPS) is 10.8. The minimum atomic E-state index is 0.818. The van der Waals surface area contributed by atoms with Crippen LogP contribution in [0.4, 0.5) is 0 Å². The van der Waals surface area contributed by atoms with E-state index in [-0.39, 0.29) is 0 Å². The summed E-state index contributed by atoms with van der Waals surface area (Å²) < 4.78 is 2.10. The molecule has 0 bridgehead atoms. The van der Waals surface area contributed by atoms with Crippen LogP contribution in [0, 0.1) is 0 Å². The fraction of sp³-hybridized carbons (Fsp3) is 0.333. The van der Waals surface area contributed by atoms with E-state index in [4.69, 9.17) is 0 Å². The van der Waals surface area contributed by atoms with Gasteiger partial charge in [-0.25, -0.2) is 9.97 Å². The third kappa shape index (κ3) is 1.53. The Hall–Kier alpha value is -1.42. The quantitative estimate of drug-likeness (QED) is 0.746. The van der Waals surface area contributed by atoms with Crippen molar-refractivity contribution < 1.29 is 0 Å². The molecule has 0 saturated carbocycles. The first-order valence-electron chi connectivity index (χ1n) is 4.32. The van der Waals surface area contributed by atoms with Crippen LogP contribution in [-0.4, -0.2) is 28.1 Å². The predicted molar refractivity (Wildman–Crippen MR) is 51.5 cm³/mol. The van der Waals surface area contributed by atoms with Crippen molar-refractivity contribution in [1.29, 1.82) is 0 Å². The van der Waals surface area contributed by atoms with Gasteiger partial charge in [0.25, 0.3) is 0 Å². The molecular weight excluding hydrogens is 164 g/mol. The maximum absolute atomic E-state index is 4.20. The van der Waals surface area contributed by atoms with Crippen LogP contribution in [0.2, 0.25) is 0 Å². The zero-order chi connectivity index (χ0) is 9.10. The highest BCUT2D eigenvalue weighted by Crippen LogP contribution is 2.07. The first-order chi connectivity index (χ1) is 6.42. The van der Waals surface area contributed by atoms with Crippen LogP contribution in [0.25, 0.3) is 11.2 Å². The molecule has 0 aliphatic rings. The first-order valence-corrected chi connectivity index (χ1v) is 4.32. The number of rotatable bonds is 3. The standard InChI is InChI=1S/C9H12N4/c1-10-5-6-13-7-12-9-8(13)3-2-4-11-9/h2-4,7,10H,5-6H2,1H3. The number of nitrogens with zero attached hydrogens (tertiary/aromatic N) is 3. The van der Waals surface area contributed by atoms with Crippen LogP contribution < -0.4 is 5.32 Å². The van der Waals surface area contributed by atoms with Gasteiger partial charge in [0, 0.05) is 19.3 Å². The SMILES string of the molecule is CNCCn1cnc2ncccc21. The van der Waals surface area contributed by atoms with Crippen LogP contribution in [-0.2, 0) is 6.54 Å². The summed E-state index contributed by atoms with van der Waals surface area (Å²) in [4.78, 5) is 8.35. The Morgan fingerprint density at radius 3 is 3.23 bits per heavy atom. The second-order valence-electron chi connectivity index (χ2n) is 2.89. The summed E-state index contributed by atoms with van der Waals surface area (Å²) in [6, 6.07) is 3.96. The van der Waals surface area contributed by atoms with Gasteiger partial charge in [0.1, 0.15) is 0 Å². The van der Waals surface area contributed by atoms with E-state index in [1.807, 2.05) is 25.5 Å². The average molecular weight is 176 g/mol. The summed E-state index contributed by atoms with van der Waals surface area (Å²) in [6.45, 7) is 1.87. The first kappa shape index (κ1) is 8.19. The minimum absolute atomic E-state index is 0.818. The summed E-state index contributed by atoms with van der Waals surface area (Å²) in [5.74, 6) is 0. The van der Waals surface area contributed by atoms with Crippen molar-refractivity contribution in [2.75, 3.05) is 13.6 Å².